The molecule has 150 valence electrons. The Balaban J connectivity index is 1.63. The van der Waals surface area contributed by atoms with Crippen LogP contribution in [-0.4, -0.2) is 11.1 Å². The van der Waals surface area contributed by atoms with Crippen LogP contribution in [0.4, 0.5) is 5.69 Å². The third kappa shape index (κ3) is 4.39. The summed E-state index contributed by atoms with van der Waals surface area (Å²) in [6.07, 6.45) is 0. The Kier molecular flexibility index (Phi) is 5.87. The van der Waals surface area contributed by atoms with Gasteiger partial charge in [0.05, 0.1) is 10.6 Å². The van der Waals surface area contributed by atoms with Crippen LogP contribution in [0.1, 0.15) is 21.5 Å². The molecule has 0 fully saturated rings. The zero-order chi connectivity index (χ0) is 20.9. The van der Waals surface area contributed by atoms with Gasteiger partial charge in [0.15, 0.2) is 0 Å². The summed E-state index contributed by atoms with van der Waals surface area (Å²) in [4.78, 5) is 11.4. The lowest BCUT2D eigenvalue weighted by Crippen LogP contribution is -2.06. The van der Waals surface area contributed by atoms with Crippen molar-refractivity contribution in [3.63, 3.8) is 0 Å². The van der Waals surface area contributed by atoms with Crippen LogP contribution in [-0.2, 0) is 13.2 Å². The molecule has 0 aliphatic rings. The molecule has 0 saturated heterocycles. The van der Waals surface area contributed by atoms with E-state index in [1.165, 1.54) is 0 Å². The summed E-state index contributed by atoms with van der Waals surface area (Å²) >= 11 is 5.98. The van der Waals surface area contributed by atoms with Gasteiger partial charge in [0.25, 0.3) is 0 Å². The molecule has 0 spiro atoms. The number of aromatic carboxylic acids is 1. The van der Waals surface area contributed by atoms with Gasteiger partial charge in [-0.15, -0.1) is 0 Å². The van der Waals surface area contributed by atoms with Crippen LogP contribution in [0.15, 0.2) is 84.9 Å². The molecule has 4 rings (SSSR count). The van der Waals surface area contributed by atoms with Crippen molar-refractivity contribution in [2.24, 2.45) is 0 Å². The van der Waals surface area contributed by atoms with Gasteiger partial charge in [-0.25, -0.2) is 4.79 Å². The number of fused-ring (bicyclic) bond motifs is 1. The zero-order valence-corrected chi connectivity index (χ0v) is 16.9. The molecule has 30 heavy (non-hydrogen) atoms. The van der Waals surface area contributed by atoms with E-state index in [1.807, 2.05) is 54.6 Å². The number of hydrogen-bond donors (Lipinski definition) is 2. The molecule has 2 N–H and O–H groups in total. The molecular formula is C25H20ClNO3. The maximum atomic E-state index is 11.4. The second-order valence-electron chi connectivity index (χ2n) is 6.89. The highest BCUT2D eigenvalue weighted by Gasteiger charge is 2.12. The summed E-state index contributed by atoms with van der Waals surface area (Å²) in [5.74, 6) is -0.266. The van der Waals surface area contributed by atoms with Crippen molar-refractivity contribution in [1.82, 2.24) is 0 Å². The van der Waals surface area contributed by atoms with Gasteiger partial charge < -0.3 is 15.2 Å². The lowest BCUT2D eigenvalue weighted by Gasteiger charge is -2.16. The van der Waals surface area contributed by atoms with Crippen LogP contribution in [0.25, 0.3) is 10.8 Å². The number of rotatable bonds is 7. The number of nitrogens with one attached hydrogen (secondary N) is 1. The number of ether oxygens (including phenoxy) is 1. The fraction of sp³-hybridized carbons (Fsp3) is 0.0800. The lowest BCUT2D eigenvalue weighted by molar-refractivity contribution is 0.0697. The van der Waals surface area contributed by atoms with Crippen molar-refractivity contribution >= 4 is 34.0 Å². The molecular weight excluding hydrogens is 398 g/mol. The molecule has 4 aromatic carbocycles. The Morgan fingerprint density at radius 3 is 2.50 bits per heavy atom. The average molecular weight is 418 g/mol. The van der Waals surface area contributed by atoms with Crippen molar-refractivity contribution in [1.29, 1.82) is 0 Å². The Hall–Kier alpha value is -3.50. The highest BCUT2D eigenvalue weighted by Crippen LogP contribution is 2.30. The van der Waals surface area contributed by atoms with Gasteiger partial charge >= 0.3 is 5.97 Å². The lowest BCUT2D eigenvalue weighted by atomic mass is 10.0. The summed E-state index contributed by atoms with van der Waals surface area (Å²) in [6.45, 7) is 0.947. The normalized spacial score (nSPS) is 10.7. The minimum Gasteiger partial charge on any atom is -0.489 e. The molecule has 0 heterocycles. The quantitative estimate of drug-likeness (QED) is 0.366. The van der Waals surface area contributed by atoms with Gasteiger partial charge in [0, 0.05) is 17.8 Å². The number of halogens is 1. The largest absolute Gasteiger partial charge is 0.489 e. The molecule has 4 aromatic rings. The molecule has 5 heteroatoms. The number of hydrogen-bond acceptors (Lipinski definition) is 3. The first kappa shape index (κ1) is 19.8. The Morgan fingerprint density at radius 2 is 1.70 bits per heavy atom. The third-order valence-corrected chi connectivity index (χ3v) is 5.23. The van der Waals surface area contributed by atoms with Crippen LogP contribution < -0.4 is 10.1 Å². The molecule has 4 nitrogen and oxygen atoms in total. The monoisotopic (exact) mass is 417 g/mol. The van der Waals surface area contributed by atoms with E-state index in [9.17, 15) is 9.90 Å². The van der Waals surface area contributed by atoms with E-state index in [0.29, 0.717) is 18.8 Å². The zero-order valence-electron chi connectivity index (χ0n) is 16.1. The summed E-state index contributed by atoms with van der Waals surface area (Å²) < 4.78 is 6.15. The molecule has 0 aliphatic heterocycles. The smallest absolute Gasteiger partial charge is 0.337 e. The molecule has 0 saturated carbocycles. The molecule has 0 unspecified atom stereocenters. The van der Waals surface area contributed by atoms with Crippen LogP contribution in [0.2, 0.25) is 5.02 Å². The fourth-order valence-corrected chi connectivity index (χ4v) is 3.56. The SMILES string of the molecule is O=C(O)c1cc(NCc2c(OCc3ccccc3)ccc3ccccc23)ccc1Cl. The minimum absolute atomic E-state index is 0.0696. The van der Waals surface area contributed by atoms with Crippen LogP contribution in [0.3, 0.4) is 0 Å². The van der Waals surface area contributed by atoms with Crippen LogP contribution in [0, 0.1) is 0 Å². The van der Waals surface area contributed by atoms with E-state index in [2.05, 4.69) is 17.4 Å². The molecule has 0 aliphatic carbocycles. The third-order valence-electron chi connectivity index (χ3n) is 4.90. The summed E-state index contributed by atoms with van der Waals surface area (Å²) in [6, 6.07) is 27.1. The summed E-state index contributed by atoms with van der Waals surface area (Å²) in [7, 11) is 0. The second kappa shape index (κ2) is 8.89. The maximum Gasteiger partial charge on any atom is 0.337 e. The van der Waals surface area contributed by atoms with Crippen LogP contribution in [0.5, 0.6) is 5.75 Å². The maximum absolute atomic E-state index is 11.4. The Morgan fingerprint density at radius 1 is 0.933 bits per heavy atom. The van der Waals surface area contributed by atoms with Gasteiger partial charge in [0.2, 0.25) is 0 Å². The van der Waals surface area contributed by atoms with Gasteiger partial charge in [-0.1, -0.05) is 72.3 Å². The number of benzene rings is 4. The standard InChI is InChI=1S/C25H20ClNO3/c26-23-12-11-19(14-21(23)25(28)29)27-15-22-20-9-5-4-8-18(20)10-13-24(22)30-16-17-6-2-1-3-7-17/h1-14,27H,15-16H2,(H,28,29). The number of carboxylic acids is 1. The molecule has 0 atom stereocenters. The highest BCUT2D eigenvalue weighted by molar-refractivity contribution is 6.33. The van der Waals surface area contributed by atoms with Gasteiger partial charge in [-0.05, 0) is 40.6 Å². The summed E-state index contributed by atoms with van der Waals surface area (Å²) in [5, 5.41) is 15.0. The Bertz CT molecular complexity index is 1190. The highest BCUT2D eigenvalue weighted by atomic mass is 35.5. The van der Waals surface area contributed by atoms with Crippen molar-refractivity contribution in [3.05, 3.63) is 107 Å². The second-order valence-corrected chi connectivity index (χ2v) is 7.30. The number of carboxylic acid groups (broad SMARTS) is 1. The fourth-order valence-electron chi connectivity index (χ4n) is 3.36. The number of carbonyl (C=O) groups is 1. The van der Waals surface area contributed by atoms with Gasteiger partial charge in [-0.2, -0.15) is 0 Å². The first-order valence-electron chi connectivity index (χ1n) is 9.56. The predicted molar refractivity (Wildman–Crippen MR) is 120 cm³/mol. The van der Waals surface area contributed by atoms with E-state index < -0.39 is 5.97 Å². The van der Waals surface area contributed by atoms with E-state index >= 15 is 0 Å². The summed E-state index contributed by atoms with van der Waals surface area (Å²) in [5.41, 5.74) is 2.85. The van der Waals surface area contributed by atoms with Crippen LogP contribution >= 0.6 is 11.6 Å². The van der Waals surface area contributed by atoms with Crippen molar-refractivity contribution in [3.8, 4) is 5.75 Å². The molecule has 0 bridgehead atoms. The van der Waals surface area contributed by atoms with Crippen molar-refractivity contribution < 1.29 is 14.6 Å². The predicted octanol–water partition coefficient (Wildman–Crippen LogP) is 6.38. The van der Waals surface area contributed by atoms with E-state index in [4.69, 9.17) is 16.3 Å². The first-order valence-corrected chi connectivity index (χ1v) is 9.93. The topological polar surface area (TPSA) is 58.6 Å². The van der Waals surface area contributed by atoms with E-state index in [1.54, 1.807) is 18.2 Å². The molecule has 0 aromatic heterocycles. The van der Waals surface area contributed by atoms with E-state index in [-0.39, 0.29) is 10.6 Å². The average Bonchev–Trinajstić information content (AvgIpc) is 2.77. The van der Waals surface area contributed by atoms with Gasteiger partial charge in [-0.3, -0.25) is 0 Å². The minimum atomic E-state index is -1.05. The first-order chi connectivity index (χ1) is 14.6. The Labute approximate surface area is 179 Å². The van der Waals surface area contributed by atoms with Crippen molar-refractivity contribution in [2.45, 2.75) is 13.2 Å². The van der Waals surface area contributed by atoms with Crippen molar-refractivity contribution in [2.75, 3.05) is 5.32 Å². The molecule has 0 amide bonds. The van der Waals surface area contributed by atoms with E-state index in [0.717, 1.165) is 27.6 Å². The molecule has 0 radical (unpaired) electrons. The van der Waals surface area contributed by atoms with Gasteiger partial charge in [0.1, 0.15) is 12.4 Å². The number of anilines is 1.